The zero-order chi connectivity index (χ0) is 21.2. The van der Waals surface area contributed by atoms with Crippen LogP contribution < -0.4 is 4.72 Å². The van der Waals surface area contributed by atoms with Crippen LogP contribution in [-0.4, -0.2) is 22.7 Å². The molecule has 1 rings (SSSR count). The van der Waals surface area contributed by atoms with Gasteiger partial charge in [0.25, 0.3) is 0 Å². The molecule has 0 spiro atoms. The number of nitrogens with one attached hydrogen (secondary N) is 1. The summed E-state index contributed by atoms with van der Waals surface area (Å²) in [6.07, 6.45) is 1.30. The maximum Gasteiger partial charge on any atom is 0.301 e. The average molecular weight is 472 g/mol. The lowest BCUT2D eigenvalue weighted by atomic mass is 9.78. The first-order valence-corrected chi connectivity index (χ1v) is 9.78. The summed E-state index contributed by atoms with van der Waals surface area (Å²) in [5.41, 5.74) is -5.22. The van der Waals surface area contributed by atoms with Crippen molar-refractivity contribution in [2.75, 3.05) is 6.61 Å². The van der Waals surface area contributed by atoms with Crippen molar-refractivity contribution >= 4 is 27.3 Å². The maximum absolute atomic E-state index is 15.6. The molecule has 1 N–H and O–H groups in total. The van der Waals surface area contributed by atoms with Gasteiger partial charge in [0.1, 0.15) is 22.1 Å². The molecule has 2 atom stereocenters. The molecule has 1 unspecified atom stereocenters. The van der Waals surface area contributed by atoms with Gasteiger partial charge in [-0.05, 0) is 49.3 Å². The third-order valence-electron chi connectivity index (χ3n) is 4.11. The molecule has 27 heavy (non-hydrogen) atoms. The van der Waals surface area contributed by atoms with E-state index in [1.54, 1.807) is 0 Å². The molecule has 1 aromatic rings. The van der Waals surface area contributed by atoms with Crippen molar-refractivity contribution in [3.05, 3.63) is 57.9 Å². The van der Waals surface area contributed by atoms with Crippen LogP contribution in [0.1, 0.15) is 33.3 Å². The monoisotopic (exact) mass is 471 g/mol. The van der Waals surface area contributed by atoms with Crippen LogP contribution in [0.25, 0.3) is 0 Å². The summed E-state index contributed by atoms with van der Waals surface area (Å²) in [6.45, 7) is 11.3. The first-order valence-electron chi connectivity index (χ1n) is 7.84. The van der Waals surface area contributed by atoms with E-state index in [1.165, 1.54) is 13.0 Å². The summed E-state index contributed by atoms with van der Waals surface area (Å²) < 4.78 is 79.0. The Balaban J connectivity index is 3.67. The van der Waals surface area contributed by atoms with E-state index >= 15 is 8.78 Å². The Morgan fingerprint density at radius 2 is 1.85 bits per heavy atom. The van der Waals surface area contributed by atoms with Gasteiger partial charge in [0, 0.05) is 18.6 Å². The van der Waals surface area contributed by atoms with Gasteiger partial charge in [0.05, 0.1) is 22.4 Å². The van der Waals surface area contributed by atoms with E-state index in [-0.39, 0.29) is 16.0 Å². The van der Waals surface area contributed by atoms with E-state index in [2.05, 4.69) is 33.8 Å². The normalized spacial score (nSPS) is 15.9. The standard InChI is InChI=1S/C18H22BrF4NO2S/c1-7-8-26-16(4,5)18(22,23)17(6,24-27(25)11(2)3)12-9-13(19)15(21)10-14(12)20/h7,9-10,24H,1-2,8H2,3-6H3/t17-,27?/m1/s1. The predicted octanol–water partition coefficient (Wildman–Crippen LogP) is 5.35. The number of hydrogen-bond donors (Lipinski definition) is 1. The van der Waals surface area contributed by atoms with E-state index < -0.39 is 45.6 Å². The molecule has 0 aliphatic carbocycles. The molecule has 1 aromatic carbocycles. The Morgan fingerprint density at radius 1 is 1.30 bits per heavy atom. The van der Waals surface area contributed by atoms with Gasteiger partial charge in [-0.25, -0.2) is 17.6 Å². The summed E-state index contributed by atoms with van der Waals surface area (Å²) in [7, 11) is 0. The molecule has 0 aromatic heterocycles. The largest absolute Gasteiger partial charge is 0.593 e. The van der Waals surface area contributed by atoms with Gasteiger partial charge >= 0.3 is 5.92 Å². The summed E-state index contributed by atoms with van der Waals surface area (Å²) in [4.78, 5) is 0.0587. The summed E-state index contributed by atoms with van der Waals surface area (Å²) >= 11 is 0.750. The highest BCUT2D eigenvalue weighted by Gasteiger charge is 2.64. The second-order valence-electron chi connectivity index (χ2n) is 6.63. The Bertz CT molecular complexity index is 730. The fraction of sp³-hybridized carbons (Fsp3) is 0.444. The molecular weight excluding hydrogens is 450 g/mol. The van der Waals surface area contributed by atoms with Crippen LogP contribution in [0.5, 0.6) is 0 Å². The van der Waals surface area contributed by atoms with Crippen LogP contribution in [0.15, 0.2) is 40.7 Å². The van der Waals surface area contributed by atoms with Crippen LogP contribution >= 0.6 is 15.9 Å². The Kier molecular flexibility index (Phi) is 7.74. The highest BCUT2D eigenvalue weighted by atomic mass is 79.9. The number of ether oxygens (including phenoxy) is 1. The molecule has 0 saturated heterocycles. The Hall–Kier alpha value is -0.870. The fourth-order valence-electron chi connectivity index (χ4n) is 2.43. The lowest BCUT2D eigenvalue weighted by molar-refractivity contribution is -0.224. The van der Waals surface area contributed by atoms with Crippen molar-refractivity contribution in [2.24, 2.45) is 0 Å². The zero-order valence-electron chi connectivity index (χ0n) is 15.5. The van der Waals surface area contributed by atoms with Gasteiger partial charge in [-0.1, -0.05) is 6.08 Å². The minimum Gasteiger partial charge on any atom is -0.593 e. The van der Waals surface area contributed by atoms with Crippen LogP contribution in [-0.2, 0) is 21.6 Å². The maximum atomic E-state index is 15.6. The quantitative estimate of drug-likeness (QED) is 0.228. The van der Waals surface area contributed by atoms with Crippen LogP contribution in [0.3, 0.4) is 0 Å². The van der Waals surface area contributed by atoms with E-state index in [0.29, 0.717) is 6.07 Å². The van der Waals surface area contributed by atoms with E-state index in [9.17, 15) is 13.3 Å². The summed E-state index contributed by atoms with van der Waals surface area (Å²) in [5.74, 6) is -5.97. The number of rotatable bonds is 9. The van der Waals surface area contributed by atoms with Crippen molar-refractivity contribution < 1.29 is 26.9 Å². The predicted molar refractivity (Wildman–Crippen MR) is 103 cm³/mol. The highest BCUT2D eigenvalue weighted by Crippen LogP contribution is 2.48. The molecule has 0 saturated carbocycles. The van der Waals surface area contributed by atoms with Crippen molar-refractivity contribution in [1.29, 1.82) is 0 Å². The molecular formula is C18H22BrF4NO2S. The number of benzene rings is 1. The highest BCUT2D eigenvalue weighted by molar-refractivity contribution is 9.10. The lowest BCUT2D eigenvalue weighted by Crippen LogP contribution is -2.65. The van der Waals surface area contributed by atoms with Crippen molar-refractivity contribution in [3.8, 4) is 0 Å². The van der Waals surface area contributed by atoms with Gasteiger partial charge in [-0.3, -0.25) is 0 Å². The van der Waals surface area contributed by atoms with E-state index in [4.69, 9.17) is 4.74 Å². The molecule has 152 valence electrons. The Morgan fingerprint density at radius 3 is 2.33 bits per heavy atom. The van der Waals surface area contributed by atoms with Crippen molar-refractivity contribution in [2.45, 2.75) is 44.8 Å². The van der Waals surface area contributed by atoms with Gasteiger partial charge in [-0.2, -0.15) is 0 Å². The molecule has 0 aliphatic heterocycles. The first-order chi connectivity index (χ1) is 12.2. The minimum atomic E-state index is -3.80. The van der Waals surface area contributed by atoms with Crippen LogP contribution in [0.4, 0.5) is 17.6 Å². The van der Waals surface area contributed by atoms with Gasteiger partial charge in [0.15, 0.2) is 5.54 Å². The van der Waals surface area contributed by atoms with Crippen molar-refractivity contribution in [1.82, 2.24) is 4.72 Å². The second-order valence-corrected chi connectivity index (χ2v) is 8.92. The average Bonchev–Trinajstić information content (AvgIpc) is 2.55. The van der Waals surface area contributed by atoms with Crippen LogP contribution in [0, 0.1) is 11.6 Å². The zero-order valence-corrected chi connectivity index (χ0v) is 17.9. The first kappa shape index (κ1) is 24.2. The molecule has 0 bridgehead atoms. The number of allylic oxidation sites excluding steroid dienone is 1. The molecule has 0 heterocycles. The Labute approximate surface area is 168 Å². The van der Waals surface area contributed by atoms with Crippen LogP contribution in [0.2, 0.25) is 0 Å². The summed E-state index contributed by atoms with van der Waals surface area (Å²) in [5, 5.41) is 0. The molecule has 0 amide bonds. The fourth-order valence-corrected chi connectivity index (χ4v) is 3.55. The van der Waals surface area contributed by atoms with E-state index in [0.717, 1.165) is 26.8 Å². The topological polar surface area (TPSA) is 44.3 Å². The van der Waals surface area contributed by atoms with Gasteiger partial charge < -0.3 is 9.29 Å². The molecule has 0 aliphatic rings. The third-order valence-corrected chi connectivity index (χ3v) is 5.94. The lowest BCUT2D eigenvalue weighted by Gasteiger charge is -2.45. The van der Waals surface area contributed by atoms with Gasteiger partial charge in [0.2, 0.25) is 0 Å². The van der Waals surface area contributed by atoms with Gasteiger partial charge in [-0.15, -0.1) is 11.3 Å². The molecule has 9 heteroatoms. The SMILES string of the molecule is C=CCOC(C)(C)C(F)(F)[C@](C)(N[S+]([O-])C(=C)C)c1cc(Br)c(F)cc1F. The van der Waals surface area contributed by atoms with E-state index in [1.807, 2.05) is 0 Å². The van der Waals surface area contributed by atoms with Crippen molar-refractivity contribution in [3.63, 3.8) is 0 Å². The number of hydrogen-bond acceptors (Lipinski definition) is 3. The second kappa shape index (κ2) is 8.65. The molecule has 0 fully saturated rings. The summed E-state index contributed by atoms with van der Waals surface area (Å²) in [6, 6.07) is 1.38. The molecule has 3 nitrogen and oxygen atoms in total. The third kappa shape index (κ3) is 4.76. The number of alkyl halides is 2. The number of halogens is 5. The smallest absolute Gasteiger partial charge is 0.301 e. The minimum absolute atomic E-state index is 0.0587. The molecule has 0 radical (unpaired) electrons.